The molecule has 2 heteroatoms. The van der Waals surface area contributed by atoms with E-state index >= 15 is 0 Å². The molecule has 1 fully saturated rings. The van der Waals surface area contributed by atoms with Crippen LogP contribution in [0, 0.1) is 5.41 Å². The summed E-state index contributed by atoms with van der Waals surface area (Å²) in [4.78, 5) is 0. The van der Waals surface area contributed by atoms with Crippen molar-refractivity contribution < 1.29 is 4.21 Å². The van der Waals surface area contributed by atoms with E-state index in [1.807, 2.05) is 0 Å². The quantitative estimate of drug-likeness (QED) is 0.536. The Bertz CT molecular complexity index is 157. The second-order valence-electron chi connectivity index (χ2n) is 4.06. The van der Waals surface area contributed by atoms with E-state index in [4.69, 9.17) is 0 Å². The third-order valence-electron chi connectivity index (χ3n) is 2.07. The summed E-state index contributed by atoms with van der Waals surface area (Å²) in [5.74, 6) is 0. The molecular weight excluding hydrogens is 144 g/mol. The number of hydrogen-bond acceptors (Lipinski definition) is 1. The van der Waals surface area contributed by atoms with Crippen LogP contribution in [0.1, 0.15) is 34.1 Å². The van der Waals surface area contributed by atoms with Crippen molar-refractivity contribution >= 4 is 10.8 Å². The molecule has 0 bridgehead atoms. The van der Waals surface area contributed by atoms with Crippen LogP contribution in [-0.4, -0.2) is 14.7 Å². The number of rotatable bonds is 1. The Morgan fingerprint density at radius 2 is 1.90 bits per heavy atom. The van der Waals surface area contributed by atoms with E-state index in [1.54, 1.807) is 0 Å². The first-order valence-corrected chi connectivity index (χ1v) is 5.15. The van der Waals surface area contributed by atoms with Gasteiger partial charge in [-0.3, -0.25) is 4.21 Å². The Kier molecular flexibility index (Phi) is 1.92. The molecule has 0 N–H and O–H groups in total. The van der Waals surface area contributed by atoms with Gasteiger partial charge in [-0.05, 0) is 11.8 Å². The standard InChI is InChI=1S/C8H16OS/c1-5-6-7(10(6)9)8(2,3)4/h6-7H,5H2,1-4H3. The van der Waals surface area contributed by atoms with Gasteiger partial charge in [0.2, 0.25) is 0 Å². The maximum Gasteiger partial charge on any atom is 0.0543 e. The van der Waals surface area contributed by atoms with E-state index in [2.05, 4.69) is 27.7 Å². The molecule has 60 valence electrons. The summed E-state index contributed by atoms with van der Waals surface area (Å²) in [5.41, 5.74) is 0.255. The van der Waals surface area contributed by atoms with Crippen molar-refractivity contribution in [1.82, 2.24) is 0 Å². The molecule has 3 atom stereocenters. The van der Waals surface area contributed by atoms with Crippen molar-refractivity contribution in [2.75, 3.05) is 0 Å². The van der Waals surface area contributed by atoms with Crippen LogP contribution < -0.4 is 0 Å². The summed E-state index contributed by atoms with van der Waals surface area (Å²) < 4.78 is 11.2. The molecule has 0 aliphatic carbocycles. The van der Waals surface area contributed by atoms with Crippen molar-refractivity contribution in [2.24, 2.45) is 5.41 Å². The third-order valence-corrected chi connectivity index (χ3v) is 4.49. The van der Waals surface area contributed by atoms with Gasteiger partial charge in [0.1, 0.15) is 0 Å². The van der Waals surface area contributed by atoms with E-state index < -0.39 is 10.8 Å². The van der Waals surface area contributed by atoms with E-state index in [0.717, 1.165) is 6.42 Å². The fourth-order valence-corrected chi connectivity index (χ4v) is 3.74. The van der Waals surface area contributed by atoms with E-state index in [9.17, 15) is 4.21 Å². The largest absolute Gasteiger partial charge is 0.259 e. The SMILES string of the molecule is CCC1C(C(C)(C)C)S1=O. The van der Waals surface area contributed by atoms with Gasteiger partial charge in [0, 0.05) is 16.0 Å². The highest BCUT2D eigenvalue weighted by molar-refractivity contribution is 7.93. The Labute approximate surface area is 65.7 Å². The maximum absolute atomic E-state index is 11.2. The van der Waals surface area contributed by atoms with Gasteiger partial charge in [-0.1, -0.05) is 27.7 Å². The minimum absolute atomic E-state index is 0.255. The van der Waals surface area contributed by atoms with Gasteiger partial charge < -0.3 is 0 Å². The lowest BCUT2D eigenvalue weighted by Crippen LogP contribution is -2.16. The predicted molar refractivity (Wildman–Crippen MR) is 45.5 cm³/mol. The molecule has 0 aromatic carbocycles. The van der Waals surface area contributed by atoms with Crippen molar-refractivity contribution in [3.63, 3.8) is 0 Å². The summed E-state index contributed by atoms with van der Waals surface area (Å²) in [6, 6.07) is 0. The minimum atomic E-state index is -0.506. The summed E-state index contributed by atoms with van der Waals surface area (Å²) in [5, 5.41) is 0.970. The molecule has 1 heterocycles. The highest BCUT2D eigenvalue weighted by atomic mass is 32.2. The van der Waals surface area contributed by atoms with Crippen molar-refractivity contribution in [3.8, 4) is 0 Å². The topological polar surface area (TPSA) is 17.1 Å². The Morgan fingerprint density at radius 3 is 2.00 bits per heavy atom. The second-order valence-corrected chi connectivity index (χ2v) is 5.83. The molecular formula is C8H16OS. The first kappa shape index (κ1) is 8.25. The van der Waals surface area contributed by atoms with Crippen molar-refractivity contribution in [3.05, 3.63) is 0 Å². The average molecular weight is 160 g/mol. The van der Waals surface area contributed by atoms with Gasteiger partial charge in [0.25, 0.3) is 0 Å². The molecule has 0 aromatic rings. The van der Waals surface area contributed by atoms with Crippen molar-refractivity contribution in [1.29, 1.82) is 0 Å². The van der Waals surface area contributed by atoms with Gasteiger partial charge >= 0.3 is 0 Å². The molecule has 0 spiro atoms. The lowest BCUT2D eigenvalue weighted by Gasteiger charge is -2.14. The van der Waals surface area contributed by atoms with Crippen LogP contribution >= 0.6 is 0 Å². The van der Waals surface area contributed by atoms with Crippen LogP contribution in [-0.2, 0) is 10.8 Å². The molecule has 1 aliphatic heterocycles. The summed E-state index contributed by atoms with van der Waals surface area (Å²) in [6.45, 7) is 8.63. The molecule has 0 radical (unpaired) electrons. The zero-order valence-electron chi connectivity index (χ0n) is 7.18. The van der Waals surface area contributed by atoms with Crippen LogP contribution in [0.3, 0.4) is 0 Å². The first-order chi connectivity index (χ1) is 4.48. The van der Waals surface area contributed by atoms with Gasteiger partial charge in [0.15, 0.2) is 0 Å². The van der Waals surface area contributed by atoms with Gasteiger partial charge in [0.05, 0.1) is 5.25 Å². The average Bonchev–Trinajstić information content (AvgIpc) is 2.39. The van der Waals surface area contributed by atoms with Crippen molar-refractivity contribution in [2.45, 2.75) is 44.6 Å². The molecule has 1 aliphatic rings. The first-order valence-electron chi connectivity index (χ1n) is 3.88. The maximum atomic E-state index is 11.2. The van der Waals surface area contributed by atoms with E-state index in [1.165, 1.54) is 0 Å². The van der Waals surface area contributed by atoms with E-state index in [-0.39, 0.29) is 5.41 Å². The summed E-state index contributed by atoms with van der Waals surface area (Å²) >= 11 is 0. The highest BCUT2D eigenvalue weighted by Crippen LogP contribution is 2.43. The van der Waals surface area contributed by atoms with Crippen LogP contribution in [0.4, 0.5) is 0 Å². The lowest BCUT2D eigenvalue weighted by atomic mass is 9.90. The van der Waals surface area contributed by atoms with Gasteiger partial charge in [-0.25, -0.2) is 0 Å². The molecule has 1 saturated heterocycles. The van der Waals surface area contributed by atoms with E-state index in [0.29, 0.717) is 10.5 Å². The Balaban J connectivity index is 2.57. The highest BCUT2D eigenvalue weighted by Gasteiger charge is 2.52. The lowest BCUT2D eigenvalue weighted by molar-refractivity contribution is 0.412. The molecule has 1 rings (SSSR count). The summed E-state index contributed by atoms with van der Waals surface area (Å²) in [6.07, 6.45) is 1.08. The Hall–Kier alpha value is 0.150. The molecule has 0 saturated carbocycles. The van der Waals surface area contributed by atoms with Crippen LogP contribution in [0.5, 0.6) is 0 Å². The molecule has 0 amide bonds. The molecule has 0 aromatic heterocycles. The fourth-order valence-electron chi connectivity index (χ4n) is 1.52. The molecule has 1 nitrogen and oxygen atoms in total. The number of hydrogen-bond donors (Lipinski definition) is 0. The van der Waals surface area contributed by atoms with Crippen LogP contribution in [0.2, 0.25) is 0 Å². The van der Waals surface area contributed by atoms with Crippen LogP contribution in [0.25, 0.3) is 0 Å². The van der Waals surface area contributed by atoms with Gasteiger partial charge in [-0.15, -0.1) is 0 Å². The van der Waals surface area contributed by atoms with Crippen LogP contribution in [0.15, 0.2) is 0 Å². The smallest absolute Gasteiger partial charge is 0.0543 e. The second kappa shape index (κ2) is 2.33. The normalized spacial score (nSPS) is 39.8. The Morgan fingerprint density at radius 1 is 1.40 bits per heavy atom. The minimum Gasteiger partial charge on any atom is -0.259 e. The molecule has 3 unspecified atom stereocenters. The molecule has 10 heavy (non-hydrogen) atoms. The monoisotopic (exact) mass is 160 g/mol. The van der Waals surface area contributed by atoms with Gasteiger partial charge in [-0.2, -0.15) is 0 Å². The predicted octanol–water partition coefficient (Wildman–Crippen LogP) is 1.94. The zero-order chi connectivity index (χ0) is 7.94. The third kappa shape index (κ3) is 1.26. The fraction of sp³-hybridized carbons (Fsp3) is 1.00. The summed E-state index contributed by atoms with van der Waals surface area (Å²) in [7, 11) is -0.506. The zero-order valence-corrected chi connectivity index (χ0v) is 7.99.